The maximum atomic E-state index is 11.7. The first-order chi connectivity index (χ1) is 10.6. The minimum Gasteiger partial charge on any atom is -0.482 e. The number of Topliss-reactive ketones (excluding diaryl/α,β-unsaturated/α-hetero) is 1. The molecule has 1 heterocycles. The molecule has 0 radical (unpaired) electrons. The molecule has 0 aliphatic rings. The molecule has 5 heteroatoms. The fraction of sp³-hybridized carbons (Fsp3) is 0.294. The molecule has 116 valence electrons. The van der Waals surface area contributed by atoms with E-state index >= 15 is 0 Å². The van der Waals surface area contributed by atoms with Gasteiger partial charge in [-0.1, -0.05) is 32.0 Å². The molecule has 22 heavy (non-hydrogen) atoms. The van der Waals surface area contributed by atoms with Crippen LogP contribution in [-0.4, -0.2) is 30.0 Å². The summed E-state index contributed by atoms with van der Waals surface area (Å²) >= 11 is 0. The molecule has 5 nitrogen and oxygen atoms in total. The molecule has 1 aromatic carbocycles. The van der Waals surface area contributed by atoms with Crippen molar-refractivity contribution in [1.82, 2.24) is 4.98 Å². The minimum atomic E-state index is -0.571. The normalized spacial score (nSPS) is 10.5. The summed E-state index contributed by atoms with van der Waals surface area (Å²) in [5, 5.41) is 0. The minimum absolute atomic E-state index is 0.220. The smallest absolute Gasteiger partial charge is 0.344 e. The topological polar surface area (TPSA) is 68.4 Å². The van der Waals surface area contributed by atoms with Gasteiger partial charge in [-0.05, 0) is 29.7 Å². The van der Waals surface area contributed by atoms with Crippen LogP contribution in [0.5, 0.6) is 5.75 Å². The van der Waals surface area contributed by atoms with Crippen molar-refractivity contribution in [1.29, 1.82) is 0 Å². The van der Waals surface area contributed by atoms with Gasteiger partial charge in [0.15, 0.2) is 13.2 Å². The molecule has 0 unspecified atom stereocenters. The summed E-state index contributed by atoms with van der Waals surface area (Å²) in [7, 11) is 0. The molecule has 1 N–H and O–H groups in total. The third-order valence-corrected chi connectivity index (χ3v) is 3.15. The molecule has 0 aliphatic heterocycles. The fourth-order valence-electron chi connectivity index (χ4n) is 1.99. The van der Waals surface area contributed by atoms with Gasteiger partial charge >= 0.3 is 5.97 Å². The Morgan fingerprint density at radius 1 is 1.09 bits per heavy atom. The molecule has 0 amide bonds. The maximum Gasteiger partial charge on any atom is 0.344 e. The number of ketones is 1. The SMILES string of the molecule is CC(C)c1ccccc1OCC(=O)OCC(=O)c1ccc[nH]1. The highest BCUT2D eigenvalue weighted by molar-refractivity contribution is 5.96. The van der Waals surface area contributed by atoms with Crippen molar-refractivity contribution in [3.8, 4) is 5.75 Å². The summed E-state index contributed by atoms with van der Waals surface area (Å²) in [4.78, 5) is 26.1. The van der Waals surface area contributed by atoms with Gasteiger partial charge in [0, 0.05) is 6.20 Å². The summed E-state index contributed by atoms with van der Waals surface area (Å²) in [6, 6.07) is 10.9. The number of aromatic nitrogens is 1. The average molecular weight is 301 g/mol. The Labute approximate surface area is 129 Å². The largest absolute Gasteiger partial charge is 0.482 e. The Kier molecular flexibility index (Phi) is 5.36. The summed E-state index contributed by atoms with van der Waals surface area (Å²) in [5.74, 6) is 0.103. The highest BCUT2D eigenvalue weighted by atomic mass is 16.6. The van der Waals surface area contributed by atoms with E-state index in [1.54, 1.807) is 18.3 Å². The van der Waals surface area contributed by atoms with Crippen LogP contribution in [0.4, 0.5) is 0 Å². The van der Waals surface area contributed by atoms with Gasteiger partial charge in [-0.25, -0.2) is 4.79 Å². The van der Waals surface area contributed by atoms with Gasteiger partial charge in [-0.2, -0.15) is 0 Å². The number of hydrogen-bond donors (Lipinski definition) is 1. The lowest BCUT2D eigenvalue weighted by molar-refractivity contribution is -0.144. The fourth-order valence-corrected chi connectivity index (χ4v) is 1.99. The molecular formula is C17H19NO4. The van der Waals surface area contributed by atoms with E-state index < -0.39 is 5.97 Å². The Hall–Kier alpha value is -2.56. The van der Waals surface area contributed by atoms with E-state index in [1.807, 2.05) is 24.3 Å². The molecule has 0 aliphatic carbocycles. The number of hydrogen-bond acceptors (Lipinski definition) is 4. The van der Waals surface area contributed by atoms with E-state index in [2.05, 4.69) is 18.8 Å². The van der Waals surface area contributed by atoms with Gasteiger partial charge < -0.3 is 14.5 Å². The number of benzene rings is 1. The molecule has 2 aromatic rings. The molecule has 0 saturated carbocycles. The lowest BCUT2D eigenvalue weighted by Gasteiger charge is -2.13. The number of carbonyl (C=O) groups excluding carboxylic acids is 2. The van der Waals surface area contributed by atoms with Crippen LogP contribution in [0, 0.1) is 0 Å². The van der Waals surface area contributed by atoms with Gasteiger partial charge in [0.1, 0.15) is 5.75 Å². The summed E-state index contributed by atoms with van der Waals surface area (Å²) in [6.07, 6.45) is 1.64. The third-order valence-electron chi connectivity index (χ3n) is 3.15. The van der Waals surface area contributed by atoms with E-state index in [9.17, 15) is 9.59 Å². The van der Waals surface area contributed by atoms with Crippen molar-refractivity contribution in [2.75, 3.05) is 13.2 Å². The number of ether oxygens (including phenoxy) is 2. The van der Waals surface area contributed by atoms with Crippen molar-refractivity contribution in [2.45, 2.75) is 19.8 Å². The first-order valence-corrected chi connectivity index (χ1v) is 7.12. The third kappa shape index (κ3) is 4.22. The second kappa shape index (κ2) is 7.45. The van der Waals surface area contributed by atoms with Gasteiger partial charge in [-0.15, -0.1) is 0 Å². The zero-order chi connectivity index (χ0) is 15.9. The number of para-hydroxylation sites is 1. The zero-order valence-corrected chi connectivity index (χ0v) is 12.7. The predicted molar refractivity (Wildman–Crippen MR) is 82.1 cm³/mol. The Bertz CT molecular complexity index is 632. The Morgan fingerprint density at radius 2 is 1.86 bits per heavy atom. The number of aromatic amines is 1. The number of esters is 1. The van der Waals surface area contributed by atoms with Crippen molar-refractivity contribution in [2.24, 2.45) is 0 Å². The van der Waals surface area contributed by atoms with Crippen LogP contribution in [0.25, 0.3) is 0 Å². The van der Waals surface area contributed by atoms with Crippen molar-refractivity contribution in [3.05, 3.63) is 53.9 Å². The van der Waals surface area contributed by atoms with Gasteiger partial charge in [-0.3, -0.25) is 4.79 Å². The van der Waals surface area contributed by atoms with Crippen LogP contribution in [0.15, 0.2) is 42.6 Å². The van der Waals surface area contributed by atoms with Crippen LogP contribution < -0.4 is 4.74 Å². The molecule has 0 atom stereocenters. The van der Waals surface area contributed by atoms with Gasteiger partial charge in [0.05, 0.1) is 5.69 Å². The van der Waals surface area contributed by atoms with Crippen LogP contribution in [0.2, 0.25) is 0 Å². The zero-order valence-electron chi connectivity index (χ0n) is 12.7. The molecule has 0 fully saturated rings. The van der Waals surface area contributed by atoms with Crippen LogP contribution in [0.1, 0.15) is 35.8 Å². The van der Waals surface area contributed by atoms with Crippen LogP contribution in [0.3, 0.4) is 0 Å². The molecule has 2 rings (SSSR count). The Morgan fingerprint density at radius 3 is 2.55 bits per heavy atom. The van der Waals surface area contributed by atoms with E-state index in [-0.39, 0.29) is 19.0 Å². The number of rotatable bonds is 7. The number of H-pyrrole nitrogens is 1. The summed E-state index contributed by atoms with van der Waals surface area (Å²) in [6.45, 7) is 3.58. The number of nitrogens with one attached hydrogen (secondary N) is 1. The van der Waals surface area contributed by atoms with E-state index in [4.69, 9.17) is 9.47 Å². The van der Waals surface area contributed by atoms with Crippen molar-refractivity contribution >= 4 is 11.8 Å². The standard InChI is InChI=1S/C17H19NO4/c1-12(2)13-6-3-4-8-16(13)21-11-17(20)22-10-15(19)14-7-5-9-18-14/h3-9,12,18H,10-11H2,1-2H3. The first kappa shape index (κ1) is 15.8. The van der Waals surface area contributed by atoms with Crippen LogP contribution in [-0.2, 0) is 9.53 Å². The summed E-state index contributed by atoms with van der Waals surface area (Å²) < 4.78 is 10.4. The second-order valence-electron chi connectivity index (χ2n) is 5.15. The van der Waals surface area contributed by atoms with E-state index in [1.165, 1.54) is 0 Å². The highest BCUT2D eigenvalue weighted by Gasteiger charge is 2.12. The molecule has 1 aromatic heterocycles. The highest BCUT2D eigenvalue weighted by Crippen LogP contribution is 2.25. The first-order valence-electron chi connectivity index (χ1n) is 7.12. The maximum absolute atomic E-state index is 11.7. The molecule has 0 bridgehead atoms. The second-order valence-corrected chi connectivity index (χ2v) is 5.15. The van der Waals surface area contributed by atoms with E-state index in [0.717, 1.165) is 5.56 Å². The molecule has 0 spiro atoms. The molecule has 0 saturated heterocycles. The van der Waals surface area contributed by atoms with Gasteiger partial charge in [0.2, 0.25) is 5.78 Å². The van der Waals surface area contributed by atoms with Crippen molar-refractivity contribution < 1.29 is 19.1 Å². The van der Waals surface area contributed by atoms with Crippen molar-refractivity contribution in [3.63, 3.8) is 0 Å². The summed E-state index contributed by atoms with van der Waals surface area (Å²) in [5.41, 5.74) is 1.44. The Balaban J connectivity index is 1.82. The average Bonchev–Trinajstić information content (AvgIpc) is 3.05. The number of carbonyl (C=O) groups is 2. The quantitative estimate of drug-likeness (QED) is 0.630. The van der Waals surface area contributed by atoms with Crippen LogP contribution >= 0.6 is 0 Å². The lowest BCUT2D eigenvalue weighted by atomic mass is 10.0. The lowest BCUT2D eigenvalue weighted by Crippen LogP contribution is -2.20. The molecular weight excluding hydrogens is 282 g/mol. The predicted octanol–water partition coefficient (Wildman–Crippen LogP) is 2.94. The van der Waals surface area contributed by atoms with E-state index in [0.29, 0.717) is 17.4 Å². The monoisotopic (exact) mass is 301 g/mol. The van der Waals surface area contributed by atoms with Gasteiger partial charge in [0.25, 0.3) is 0 Å².